The summed E-state index contributed by atoms with van der Waals surface area (Å²) in [6, 6.07) is 8.28. The van der Waals surface area contributed by atoms with Crippen molar-refractivity contribution in [3.63, 3.8) is 0 Å². The van der Waals surface area contributed by atoms with E-state index in [1.54, 1.807) is 12.1 Å². The number of anilines is 1. The first-order valence-corrected chi connectivity index (χ1v) is 7.41. The summed E-state index contributed by atoms with van der Waals surface area (Å²) in [6.45, 7) is 0.897. The summed E-state index contributed by atoms with van der Waals surface area (Å²) in [7, 11) is 0. The molecule has 3 rings (SSSR count). The Balaban J connectivity index is 1.67. The first kappa shape index (κ1) is 16.3. The molecule has 0 radical (unpaired) electrons. The van der Waals surface area contributed by atoms with E-state index in [1.165, 1.54) is 23.1 Å². The second-order valence-electron chi connectivity index (χ2n) is 5.41. The van der Waals surface area contributed by atoms with Gasteiger partial charge in [0.1, 0.15) is 23.6 Å². The molecule has 1 heterocycles. The number of carbonyl (C=O) groups excluding carboxylic acids is 1. The zero-order valence-electron chi connectivity index (χ0n) is 12.6. The van der Waals surface area contributed by atoms with Gasteiger partial charge in [-0.2, -0.15) is 0 Å². The Hall–Kier alpha value is -2.54. The lowest BCUT2D eigenvalue weighted by Gasteiger charge is -2.33. The van der Waals surface area contributed by atoms with Gasteiger partial charge in [-0.3, -0.25) is 0 Å². The van der Waals surface area contributed by atoms with E-state index in [0.29, 0.717) is 19.2 Å². The fourth-order valence-corrected chi connectivity index (χ4v) is 2.50. The average Bonchev–Trinajstić information content (AvgIpc) is 2.58. The Morgan fingerprint density at radius 1 is 1.08 bits per heavy atom. The lowest BCUT2D eigenvalue weighted by Crippen LogP contribution is -2.44. The second-order valence-corrected chi connectivity index (χ2v) is 5.41. The highest BCUT2D eigenvalue weighted by molar-refractivity contribution is 5.89. The third kappa shape index (κ3) is 3.68. The molecule has 1 aliphatic heterocycles. The number of amides is 2. The highest BCUT2D eigenvalue weighted by Crippen LogP contribution is 2.23. The fourth-order valence-electron chi connectivity index (χ4n) is 2.50. The maximum atomic E-state index is 13.6. The first-order valence-electron chi connectivity index (χ1n) is 7.41. The minimum absolute atomic E-state index is 0.0915. The molecule has 0 aromatic heterocycles. The van der Waals surface area contributed by atoms with Crippen molar-refractivity contribution >= 4 is 11.7 Å². The van der Waals surface area contributed by atoms with Gasteiger partial charge in [-0.05, 0) is 29.8 Å². The highest BCUT2D eigenvalue weighted by atomic mass is 19.1. The van der Waals surface area contributed by atoms with E-state index in [0.717, 1.165) is 11.6 Å². The monoisotopic (exact) mass is 336 g/mol. The molecule has 7 heteroatoms. The van der Waals surface area contributed by atoms with Crippen molar-refractivity contribution in [2.24, 2.45) is 0 Å². The number of hydrogen-bond donors (Lipinski definition) is 1. The van der Waals surface area contributed by atoms with Gasteiger partial charge in [0.2, 0.25) is 0 Å². The van der Waals surface area contributed by atoms with Gasteiger partial charge >= 0.3 is 6.03 Å². The van der Waals surface area contributed by atoms with Crippen LogP contribution in [0.1, 0.15) is 11.7 Å². The van der Waals surface area contributed by atoms with E-state index in [2.05, 4.69) is 5.32 Å². The van der Waals surface area contributed by atoms with Crippen LogP contribution in [0.15, 0.2) is 42.5 Å². The van der Waals surface area contributed by atoms with Crippen LogP contribution < -0.4 is 5.32 Å². The van der Waals surface area contributed by atoms with E-state index >= 15 is 0 Å². The number of hydrogen-bond acceptors (Lipinski definition) is 2. The van der Waals surface area contributed by atoms with Gasteiger partial charge < -0.3 is 15.0 Å². The van der Waals surface area contributed by atoms with Gasteiger partial charge in [-0.1, -0.05) is 12.1 Å². The molecule has 1 unspecified atom stereocenters. The smallest absolute Gasteiger partial charge is 0.322 e. The minimum atomic E-state index is -0.841. The Kier molecular flexibility index (Phi) is 4.71. The molecule has 1 N–H and O–H groups in total. The van der Waals surface area contributed by atoms with Crippen molar-refractivity contribution in [3.05, 3.63) is 65.5 Å². The SMILES string of the molecule is O=C(Nc1ccc(F)cc1F)N1CCOC(c2ccc(F)cc2)C1. The Labute approximate surface area is 136 Å². The number of carbonyl (C=O) groups is 1. The van der Waals surface area contributed by atoms with Gasteiger partial charge in [0.15, 0.2) is 0 Å². The van der Waals surface area contributed by atoms with E-state index in [9.17, 15) is 18.0 Å². The molecule has 2 aromatic rings. The van der Waals surface area contributed by atoms with Gasteiger partial charge in [0.25, 0.3) is 0 Å². The molecule has 1 saturated heterocycles. The Morgan fingerprint density at radius 2 is 1.79 bits per heavy atom. The maximum absolute atomic E-state index is 13.6. The van der Waals surface area contributed by atoms with Crippen LogP contribution >= 0.6 is 0 Å². The number of urea groups is 1. The van der Waals surface area contributed by atoms with Crippen LogP contribution in [0, 0.1) is 17.5 Å². The van der Waals surface area contributed by atoms with Crippen LogP contribution in [0.4, 0.5) is 23.7 Å². The van der Waals surface area contributed by atoms with Crippen molar-refractivity contribution in [2.75, 3.05) is 25.0 Å². The van der Waals surface area contributed by atoms with E-state index in [1.807, 2.05) is 0 Å². The van der Waals surface area contributed by atoms with Gasteiger partial charge in [-0.15, -0.1) is 0 Å². The zero-order valence-corrected chi connectivity index (χ0v) is 12.6. The molecule has 4 nitrogen and oxygen atoms in total. The van der Waals surface area contributed by atoms with E-state index in [4.69, 9.17) is 4.74 Å². The number of nitrogens with one attached hydrogen (secondary N) is 1. The van der Waals surface area contributed by atoms with Gasteiger partial charge in [0, 0.05) is 12.6 Å². The molecule has 126 valence electrons. The quantitative estimate of drug-likeness (QED) is 0.908. The molecule has 2 aromatic carbocycles. The molecule has 1 atom stereocenters. The molecule has 0 aliphatic carbocycles. The Bertz CT molecular complexity index is 737. The predicted octanol–water partition coefficient (Wildman–Crippen LogP) is 3.71. The third-order valence-corrected chi connectivity index (χ3v) is 3.77. The summed E-state index contributed by atoms with van der Waals surface area (Å²) in [5.74, 6) is -1.91. The van der Waals surface area contributed by atoms with Crippen LogP contribution in [0.3, 0.4) is 0 Å². The number of halogens is 3. The molecule has 2 amide bonds. The van der Waals surface area contributed by atoms with Crippen molar-refractivity contribution in [3.8, 4) is 0 Å². The summed E-state index contributed by atoms with van der Waals surface area (Å²) in [5, 5.41) is 2.42. The average molecular weight is 336 g/mol. The van der Waals surface area contributed by atoms with E-state index in [-0.39, 0.29) is 24.2 Å². The third-order valence-electron chi connectivity index (χ3n) is 3.77. The minimum Gasteiger partial charge on any atom is -0.370 e. The normalized spacial score (nSPS) is 17.6. The van der Waals surface area contributed by atoms with Crippen molar-refractivity contribution in [1.29, 1.82) is 0 Å². The number of benzene rings is 2. The second kappa shape index (κ2) is 6.92. The standard InChI is InChI=1S/C17H15F3N2O2/c18-12-3-1-11(2-4-12)16-10-22(7-8-24-16)17(23)21-15-6-5-13(19)9-14(15)20/h1-6,9,16H,7-8,10H2,(H,21,23). The molecule has 1 aliphatic rings. The van der Waals surface area contributed by atoms with Gasteiger partial charge in [-0.25, -0.2) is 18.0 Å². The molecule has 1 fully saturated rings. The summed E-state index contributed by atoms with van der Waals surface area (Å²) in [5.41, 5.74) is 0.660. The van der Waals surface area contributed by atoms with Crippen molar-refractivity contribution in [2.45, 2.75) is 6.10 Å². The maximum Gasteiger partial charge on any atom is 0.322 e. The summed E-state index contributed by atoms with van der Waals surface area (Å²) in [6.07, 6.45) is -0.386. The van der Waals surface area contributed by atoms with Gasteiger partial charge in [0.05, 0.1) is 18.8 Å². The summed E-state index contributed by atoms with van der Waals surface area (Å²) >= 11 is 0. The number of nitrogens with zero attached hydrogens (tertiary/aromatic N) is 1. The molecule has 0 spiro atoms. The topological polar surface area (TPSA) is 41.6 Å². The highest BCUT2D eigenvalue weighted by Gasteiger charge is 2.26. The van der Waals surface area contributed by atoms with Crippen LogP contribution in [0.2, 0.25) is 0 Å². The van der Waals surface area contributed by atoms with Crippen molar-refractivity contribution < 1.29 is 22.7 Å². The fraction of sp³-hybridized carbons (Fsp3) is 0.235. The zero-order chi connectivity index (χ0) is 17.1. The molecule has 0 bridgehead atoms. The summed E-state index contributed by atoms with van der Waals surface area (Å²) < 4.78 is 45.1. The molecule has 24 heavy (non-hydrogen) atoms. The first-order chi connectivity index (χ1) is 11.5. The number of rotatable bonds is 2. The van der Waals surface area contributed by atoms with E-state index < -0.39 is 17.7 Å². The lowest BCUT2D eigenvalue weighted by molar-refractivity contribution is -0.0135. The molecule has 0 saturated carbocycles. The lowest BCUT2D eigenvalue weighted by atomic mass is 10.1. The van der Waals surface area contributed by atoms with Crippen LogP contribution in [-0.2, 0) is 4.74 Å². The Morgan fingerprint density at radius 3 is 2.50 bits per heavy atom. The molecular formula is C17H15F3N2O2. The van der Waals surface area contributed by atoms with Crippen LogP contribution in [0.5, 0.6) is 0 Å². The summed E-state index contributed by atoms with van der Waals surface area (Å²) in [4.78, 5) is 13.7. The number of morpholine rings is 1. The van der Waals surface area contributed by atoms with Crippen LogP contribution in [0.25, 0.3) is 0 Å². The predicted molar refractivity (Wildman–Crippen MR) is 82.0 cm³/mol. The van der Waals surface area contributed by atoms with Crippen LogP contribution in [-0.4, -0.2) is 30.6 Å². The largest absolute Gasteiger partial charge is 0.370 e. The molecular weight excluding hydrogens is 321 g/mol. The van der Waals surface area contributed by atoms with Crippen molar-refractivity contribution in [1.82, 2.24) is 4.90 Å². The number of ether oxygens (including phenoxy) is 1.